The number of rotatable bonds is 4. The van der Waals surface area contributed by atoms with E-state index in [1.165, 1.54) is 12.1 Å². The van der Waals surface area contributed by atoms with Crippen LogP contribution in [0.15, 0.2) is 35.2 Å². The molecule has 0 atom stereocenters. The van der Waals surface area contributed by atoms with Gasteiger partial charge in [0, 0.05) is 37.9 Å². The lowest BCUT2D eigenvalue weighted by Crippen LogP contribution is -2.47. The maximum atomic E-state index is 13.0. The maximum absolute atomic E-state index is 13.0. The molecule has 1 aliphatic heterocycles. The van der Waals surface area contributed by atoms with E-state index in [1.807, 2.05) is 24.8 Å². The van der Waals surface area contributed by atoms with Gasteiger partial charge in [0.1, 0.15) is 11.6 Å². The van der Waals surface area contributed by atoms with Gasteiger partial charge in [-0.05, 0) is 26.0 Å². The molecule has 0 aliphatic carbocycles. The van der Waals surface area contributed by atoms with Crippen LogP contribution in [0.3, 0.4) is 0 Å². The highest BCUT2D eigenvalue weighted by Crippen LogP contribution is 2.30. The summed E-state index contributed by atoms with van der Waals surface area (Å²) in [6, 6.07) is 7.83. The first-order chi connectivity index (χ1) is 12.3. The Morgan fingerprint density at radius 1 is 1.00 bits per heavy atom. The van der Waals surface area contributed by atoms with Crippen molar-refractivity contribution in [3.05, 3.63) is 41.9 Å². The van der Waals surface area contributed by atoms with E-state index >= 15 is 0 Å². The number of sulfone groups is 1. The summed E-state index contributed by atoms with van der Waals surface area (Å²) in [6.07, 6.45) is 0. The lowest BCUT2D eigenvalue weighted by Gasteiger charge is -2.37. The molecule has 1 aromatic heterocycles. The summed E-state index contributed by atoms with van der Waals surface area (Å²) in [5, 5.41) is 0. The number of nitrogens with zero attached hydrogens (tertiary/aromatic N) is 4. The van der Waals surface area contributed by atoms with Gasteiger partial charge >= 0.3 is 5.76 Å². The van der Waals surface area contributed by atoms with Crippen LogP contribution >= 0.6 is 0 Å². The molecule has 1 saturated heterocycles. The Morgan fingerprint density at radius 2 is 1.62 bits per heavy atom. The van der Waals surface area contributed by atoms with E-state index in [0.29, 0.717) is 37.7 Å². The molecule has 2 aromatic rings. The van der Waals surface area contributed by atoms with Gasteiger partial charge in [-0.25, -0.2) is 18.4 Å². The van der Waals surface area contributed by atoms with Crippen LogP contribution in [0, 0.1) is 13.8 Å². The second-order valence-electron chi connectivity index (χ2n) is 6.16. The van der Waals surface area contributed by atoms with E-state index in [0.717, 1.165) is 11.5 Å². The largest absolute Gasteiger partial charge is 0.367 e. The average molecular weight is 382 g/mol. The van der Waals surface area contributed by atoms with Crippen LogP contribution in [0.5, 0.6) is 0 Å². The SMILES string of the molecule is Cc1cc(N2CCN(c3ccccc3S(=O)(=O)C(F)F)CC2)nc(C)n1. The monoisotopic (exact) mass is 382 g/mol. The topological polar surface area (TPSA) is 66.4 Å². The predicted octanol–water partition coefficient (Wildman–Crippen LogP) is 2.42. The van der Waals surface area contributed by atoms with Crippen LogP contribution in [-0.4, -0.2) is 50.3 Å². The van der Waals surface area contributed by atoms with Crippen molar-refractivity contribution in [2.24, 2.45) is 0 Å². The number of anilines is 2. The molecule has 140 valence electrons. The van der Waals surface area contributed by atoms with Crippen LogP contribution in [-0.2, 0) is 9.84 Å². The van der Waals surface area contributed by atoms with Crippen LogP contribution in [0.2, 0.25) is 0 Å². The molecule has 26 heavy (non-hydrogen) atoms. The van der Waals surface area contributed by atoms with E-state index in [2.05, 4.69) is 14.9 Å². The summed E-state index contributed by atoms with van der Waals surface area (Å²) >= 11 is 0. The van der Waals surface area contributed by atoms with Gasteiger partial charge in [-0.3, -0.25) is 0 Å². The second kappa shape index (κ2) is 7.14. The van der Waals surface area contributed by atoms with Crippen molar-refractivity contribution in [1.29, 1.82) is 0 Å². The molecule has 9 heteroatoms. The number of hydrogen-bond acceptors (Lipinski definition) is 6. The molecule has 1 fully saturated rings. The summed E-state index contributed by atoms with van der Waals surface area (Å²) in [5.74, 6) is -1.92. The first kappa shape index (κ1) is 18.5. The second-order valence-corrected chi connectivity index (χ2v) is 8.05. The van der Waals surface area contributed by atoms with E-state index in [-0.39, 0.29) is 4.90 Å². The van der Waals surface area contributed by atoms with Gasteiger partial charge in [0.05, 0.1) is 10.6 Å². The predicted molar refractivity (Wildman–Crippen MR) is 95.6 cm³/mol. The Labute approximate surface area is 151 Å². The fourth-order valence-corrected chi connectivity index (χ4v) is 4.04. The summed E-state index contributed by atoms with van der Waals surface area (Å²) in [7, 11) is -4.64. The van der Waals surface area contributed by atoms with E-state index in [9.17, 15) is 17.2 Å². The highest BCUT2D eigenvalue weighted by Gasteiger charge is 2.31. The minimum absolute atomic E-state index is 0.322. The molecule has 0 saturated carbocycles. The number of aryl methyl sites for hydroxylation is 2. The van der Waals surface area contributed by atoms with Gasteiger partial charge in [-0.15, -0.1) is 0 Å². The van der Waals surface area contributed by atoms with Gasteiger partial charge in [0.25, 0.3) is 0 Å². The van der Waals surface area contributed by atoms with Crippen molar-refractivity contribution in [2.45, 2.75) is 24.5 Å². The standard InChI is InChI=1S/C17H20F2N4O2S/c1-12-11-16(21-13(2)20-12)23-9-7-22(8-10-23)14-5-3-4-6-15(14)26(24,25)17(18)19/h3-6,11,17H,7-10H2,1-2H3. The molecule has 0 amide bonds. The normalized spacial score (nSPS) is 15.6. The van der Waals surface area contributed by atoms with E-state index in [4.69, 9.17) is 0 Å². The van der Waals surface area contributed by atoms with E-state index in [1.54, 1.807) is 12.1 Å². The van der Waals surface area contributed by atoms with Gasteiger partial charge in [-0.1, -0.05) is 12.1 Å². The lowest BCUT2D eigenvalue weighted by atomic mass is 10.2. The Morgan fingerprint density at radius 3 is 2.23 bits per heavy atom. The van der Waals surface area contributed by atoms with Crippen molar-refractivity contribution in [3.8, 4) is 0 Å². The van der Waals surface area contributed by atoms with Crippen LogP contribution < -0.4 is 9.80 Å². The fourth-order valence-electron chi connectivity index (χ4n) is 3.09. The first-order valence-electron chi connectivity index (χ1n) is 8.22. The highest BCUT2D eigenvalue weighted by molar-refractivity contribution is 7.91. The fraction of sp³-hybridized carbons (Fsp3) is 0.412. The van der Waals surface area contributed by atoms with Gasteiger partial charge < -0.3 is 9.80 Å². The third-order valence-corrected chi connectivity index (χ3v) is 5.73. The summed E-state index contributed by atoms with van der Waals surface area (Å²) < 4.78 is 49.9. The minimum Gasteiger partial charge on any atom is -0.367 e. The molecule has 0 bridgehead atoms. The number of halogens is 2. The molecule has 3 rings (SSSR count). The molecule has 0 radical (unpaired) electrons. The molecule has 1 aliphatic rings. The summed E-state index contributed by atoms with van der Waals surface area (Å²) in [5.41, 5.74) is 1.20. The zero-order chi connectivity index (χ0) is 18.9. The van der Waals surface area contributed by atoms with Crippen molar-refractivity contribution in [2.75, 3.05) is 36.0 Å². The van der Waals surface area contributed by atoms with Crippen molar-refractivity contribution in [1.82, 2.24) is 9.97 Å². The molecule has 1 aromatic carbocycles. The number of alkyl halides is 2. The maximum Gasteiger partial charge on any atom is 0.341 e. The van der Waals surface area contributed by atoms with Gasteiger partial charge in [-0.2, -0.15) is 8.78 Å². The zero-order valence-corrected chi connectivity index (χ0v) is 15.4. The van der Waals surface area contributed by atoms with Gasteiger partial charge in [0.15, 0.2) is 0 Å². The molecule has 2 heterocycles. The number of benzene rings is 1. The highest BCUT2D eigenvalue weighted by atomic mass is 32.2. The summed E-state index contributed by atoms with van der Waals surface area (Å²) in [4.78, 5) is 12.3. The molecule has 0 N–H and O–H groups in total. The van der Waals surface area contributed by atoms with Crippen LogP contribution in [0.4, 0.5) is 20.3 Å². The Balaban J connectivity index is 1.81. The third-order valence-electron chi connectivity index (χ3n) is 4.30. The third kappa shape index (κ3) is 3.62. The van der Waals surface area contributed by atoms with Crippen molar-refractivity contribution in [3.63, 3.8) is 0 Å². The molecule has 0 unspecified atom stereocenters. The lowest BCUT2D eigenvalue weighted by molar-refractivity contribution is 0.235. The van der Waals surface area contributed by atoms with Crippen molar-refractivity contribution < 1.29 is 17.2 Å². The Hall–Kier alpha value is -2.29. The molecular formula is C17H20F2N4O2S. The molecular weight excluding hydrogens is 362 g/mol. The number of para-hydroxylation sites is 1. The molecule has 6 nitrogen and oxygen atoms in total. The average Bonchev–Trinajstić information content (AvgIpc) is 2.61. The van der Waals surface area contributed by atoms with Crippen LogP contribution in [0.25, 0.3) is 0 Å². The summed E-state index contributed by atoms with van der Waals surface area (Å²) in [6.45, 7) is 5.98. The molecule has 0 spiro atoms. The Bertz CT molecular complexity index is 877. The van der Waals surface area contributed by atoms with E-state index < -0.39 is 15.6 Å². The minimum atomic E-state index is -4.64. The van der Waals surface area contributed by atoms with Crippen molar-refractivity contribution >= 4 is 21.3 Å². The number of aromatic nitrogens is 2. The first-order valence-corrected chi connectivity index (χ1v) is 9.77. The quantitative estimate of drug-likeness (QED) is 0.809. The smallest absolute Gasteiger partial charge is 0.341 e. The number of hydrogen-bond donors (Lipinski definition) is 0. The zero-order valence-electron chi connectivity index (χ0n) is 14.6. The van der Waals surface area contributed by atoms with Gasteiger partial charge in [0.2, 0.25) is 9.84 Å². The van der Waals surface area contributed by atoms with Crippen LogP contribution in [0.1, 0.15) is 11.5 Å². The Kier molecular flexibility index (Phi) is 5.08. The number of piperazine rings is 1.